The van der Waals surface area contributed by atoms with Crippen molar-refractivity contribution in [3.63, 3.8) is 0 Å². The van der Waals surface area contributed by atoms with E-state index in [-0.39, 0.29) is 17.4 Å². The molecule has 0 aliphatic heterocycles. The van der Waals surface area contributed by atoms with Gasteiger partial charge in [-0.15, -0.1) is 0 Å². The van der Waals surface area contributed by atoms with Gasteiger partial charge in [-0.25, -0.2) is 9.37 Å². The summed E-state index contributed by atoms with van der Waals surface area (Å²) in [4.78, 5) is 11.7. The highest BCUT2D eigenvalue weighted by molar-refractivity contribution is 6.14. The Morgan fingerprint density at radius 2 is 2.00 bits per heavy atom. The SMILES string of the molecule is C[C@H](Cc1cnc[nH]1)N=C(c1ccccc1)c1c(O)cccc1F. The molecule has 2 N–H and O–H groups in total. The maximum absolute atomic E-state index is 14.4. The van der Waals surface area contributed by atoms with Crippen LogP contribution in [0.3, 0.4) is 0 Å². The number of phenols is 1. The van der Waals surface area contributed by atoms with Crippen LogP contribution in [0.5, 0.6) is 5.75 Å². The zero-order chi connectivity index (χ0) is 16.9. The van der Waals surface area contributed by atoms with Crippen molar-refractivity contribution in [1.29, 1.82) is 0 Å². The average molecular weight is 323 g/mol. The van der Waals surface area contributed by atoms with E-state index in [4.69, 9.17) is 0 Å². The van der Waals surface area contributed by atoms with Crippen LogP contribution in [0.4, 0.5) is 4.39 Å². The lowest BCUT2D eigenvalue weighted by Gasteiger charge is -2.13. The molecule has 1 heterocycles. The minimum atomic E-state index is -0.494. The molecule has 0 aliphatic carbocycles. The number of aromatic hydroxyl groups is 1. The number of halogens is 1. The molecular formula is C19H18FN3O. The predicted octanol–water partition coefficient (Wildman–Crippen LogP) is 3.72. The minimum Gasteiger partial charge on any atom is -0.507 e. The highest BCUT2D eigenvalue weighted by Gasteiger charge is 2.17. The van der Waals surface area contributed by atoms with Gasteiger partial charge in [-0.3, -0.25) is 4.99 Å². The Hall–Kier alpha value is -2.95. The number of H-pyrrole nitrogens is 1. The highest BCUT2D eigenvalue weighted by Crippen LogP contribution is 2.25. The maximum atomic E-state index is 14.4. The summed E-state index contributed by atoms with van der Waals surface area (Å²) in [5.74, 6) is -0.613. The van der Waals surface area contributed by atoms with Crippen LogP contribution >= 0.6 is 0 Å². The van der Waals surface area contributed by atoms with Crippen LogP contribution in [-0.4, -0.2) is 26.8 Å². The molecule has 0 aliphatic rings. The number of aromatic nitrogens is 2. The molecule has 3 aromatic rings. The van der Waals surface area contributed by atoms with E-state index in [2.05, 4.69) is 15.0 Å². The molecule has 0 spiro atoms. The smallest absolute Gasteiger partial charge is 0.136 e. The highest BCUT2D eigenvalue weighted by atomic mass is 19.1. The Kier molecular flexibility index (Phi) is 4.70. The standard InChI is InChI=1S/C19H18FN3O/c1-13(10-15-11-21-12-22-15)23-19(14-6-3-2-4-7-14)18-16(20)8-5-9-17(18)24/h2-9,11-13,24H,10H2,1H3,(H,21,22)/t13-/m1/s1. The van der Waals surface area contributed by atoms with Crippen LogP contribution < -0.4 is 0 Å². The lowest BCUT2D eigenvalue weighted by Crippen LogP contribution is -2.13. The number of hydrogen-bond acceptors (Lipinski definition) is 3. The van der Waals surface area contributed by atoms with Gasteiger partial charge in [0.25, 0.3) is 0 Å². The molecule has 0 unspecified atom stereocenters. The van der Waals surface area contributed by atoms with Gasteiger partial charge in [-0.2, -0.15) is 0 Å². The van der Waals surface area contributed by atoms with Crippen molar-refractivity contribution in [2.75, 3.05) is 0 Å². The van der Waals surface area contributed by atoms with Crippen molar-refractivity contribution < 1.29 is 9.50 Å². The first-order valence-corrected chi connectivity index (χ1v) is 7.73. The van der Waals surface area contributed by atoms with Crippen LogP contribution in [0, 0.1) is 5.82 Å². The number of hydrogen-bond donors (Lipinski definition) is 2. The van der Waals surface area contributed by atoms with Crippen molar-refractivity contribution >= 4 is 5.71 Å². The van der Waals surface area contributed by atoms with Crippen molar-refractivity contribution in [3.05, 3.63) is 83.7 Å². The van der Waals surface area contributed by atoms with Gasteiger partial charge in [-0.1, -0.05) is 36.4 Å². The van der Waals surface area contributed by atoms with Gasteiger partial charge in [0.15, 0.2) is 0 Å². The van der Waals surface area contributed by atoms with Gasteiger partial charge in [-0.05, 0) is 19.1 Å². The maximum Gasteiger partial charge on any atom is 0.136 e. The molecular weight excluding hydrogens is 305 g/mol. The number of imidazole rings is 1. The second-order valence-electron chi connectivity index (χ2n) is 5.61. The summed E-state index contributed by atoms with van der Waals surface area (Å²) >= 11 is 0. The van der Waals surface area contributed by atoms with Gasteiger partial charge in [0.2, 0.25) is 0 Å². The summed E-state index contributed by atoms with van der Waals surface area (Å²) in [6, 6.07) is 13.5. The first kappa shape index (κ1) is 15.9. The van der Waals surface area contributed by atoms with E-state index in [0.717, 1.165) is 11.3 Å². The normalized spacial score (nSPS) is 13.0. The Morgan fingerprint density at radius 3 is 2.67 bits per heavy atom. The summed E-state index contributed by atoms with van der Waals surface area (Å²) in [7, 11) is 0. The third-order valence-corrected chi connectivity index (χ3v) is 3.70. The molecule has 122 valence electrons. The first-order chi connectivity index (χ1) is 11.6. The predicted molar refractivity (Wildman–Crippen MR) is 91.9 cm³/mol. The summed E-state index contributed by atoms with van der Waals surface area (Å²) in [6.45, 7) is 1.95. The third kappa shape index (κ3) is 3.51. The van der Waals surface area contributed by atoms with Crippen molar-refractivity contribution in [2.24, 2.45) is 4.99 Å². The Labute approximate surface area is 139 Å². The Balaban J connectivity index is 2.04. The summed E-state index contributed by atoms with van der Waals surface area (Å²) in [5.41, 5.74) is 2.28. The van der Waals surface area contributed by atoms with Crippen LogP contribution in [-0.2, 0) is 6.42 Å². The van der Waals surface area contributed by atoms with E-state index < -0.39 is 5.82 Å². The van der Waals surface area contributed by atoms with E-state index in [0.29, 0.717) is 12.1 Å². The third-order valence-electron chi connectivity index (χ3n) is 3.70. The fraction of sp³-hybridized carbons (Fsp3) is 0.158. The van der Waals surface area contributed by atoms with Crippen molar-refractivity contribution in [2.45, 2.75) is 19.4 Å². The van der Waals surface area contributed by atoms with Crippen molar-refractivity contribution in [1.82, 2.24) is 9.97 Å². The van der Waals surface area contributed by atoms with E-state index in [1.54, 1.807) is 12.5 Å². The summed E-state index contributed by atoms with van der Waals surface area (Å²) < 4.78 is 14.4. The molecule has 1 aromatic heterocycles. The number of nitrogens with one attached hydrogen (secondary N) is 1. The molecule has 1 atom stereocenters. The van der Waals surface area contributed by atoms with Gasteiger partial charge < -0.3 is 10.1 Å². The van der Waals surface area contributed by atoms with Gasteiger partial charge >= 0.3 is 0 Å². The Morgan fingerprint density at radius 1 is 1.21 bits per heavy atom. The first-order valence-electron chi connectivity index (χ1n) is 7.73. The van der Waals surface area contributed by atoms with Crippen LogP contribution in [0.2, 0.25) is 0 Å². The molecule has 0 bridgehead atoms. The Bertz CT molecular complexity index is 809. The van der Waals surface area contributed by atoms with E-state index in [9.17, 15) is 9.50 Å². The molecule has 5 heteroatoms. The zero-order valence-corrected chi connectivity index (χ0v) is 13.3. The van der Waals surface area contributed by atoms with Crippen LogP contribution in [0.15, 0.2) is 66.0 Å². The number of benzene rings is 2. The lowest BCUT2D eigenvalue weighted by atomic mass is 10.00. The lowest BCUT2D eigenvalue weighted by molar-refractivity contribution is 0.467. The minimum absolute atomic E-state index is 0.111. The monoisotopic (exact) mass is 323 g/mol. The average Bonchev–Trinajstić information content (AvgIpc) is 3.07. The topological polar surface area (TPSA) is 61.3 Å². The second kappa shape index (κ2) is 7.08. The summed E-state index contributed by atoms with van der Waals surface area (Å²) in [6.07, 6.45) is 4.01. The van der Waals surface area contributed by atoms with Crippen molar-refractivity contribution in [3.8, 4) is 5.75 Å². The number of phenolic OH excluding ortho intramolecular Hbond substituents is 1. The largest absolute Gasteiger partial charge is 0.507 e. The van der Waals surface area contributed by atoms with E-state index in [1.165, 1.54) is 18.2 Å². The number of aromatic amines is 1. The molecule has 0 fully saturated rings. The van der Waals surface area contributed by atoms with Crippen LogP contribution in [0.1, 0.15) is 23.7 Å². The molecule has 0 saturated heterocycles. The van der Waals surface area contributed by atoms with Gasteiger partial charge in [0, 0.05) is 23.9 Å². The molecule has 2 aromatic carbocycles. The second-order valence-corrected chi connectivity index (χ2v) is 5.61. The number of aliphatic imine (C=N–C) groups is 1. The zero-order valence-electron chi connectivity index (χ0n) is 13.3. The van der Waals surface area contributed by atoms with E-state index in [1.807, 2.05) is 37.3 Å². The molecule has 24 heavy (non-hydrogen) atoms. The van der Waals surface area contributed by atoms with Gasteiger partial charge in [0.05, 0.1) is 23.6 Å². The fourth-order valence-electron chi connectivity index (χ4n) is 2.61. The molecule has 0 radical (unpaired) electrons. The molecule has 3 rings (SSSR count). The fourth-order valence-corrected chi connectivity index (χ4v) is 2.61. The van der Waals surface area contributed by atoms with E-state index >= 15 is 0 Å². The number of rotatable bonds is 5. The number of nitrogens with zero attached hydrogens (tertiary/aromatic N) is 2. The van der Waals surface area contributed by atoms with Gasteiger partial charge in [0.1, 0.15) is 11.6 Å². The molecule has 0 amide bonds. The molecule has 0 saturated carbocycles. The molecule has 4 nitrogen and oxygen atoms in total. The quantitative estimate of drug-likeness (QED) is 0.703. The van der Waals surface area contributed by atoms with Crippen LogP contribution in [0.25, 0.3) is 0 Å². The summed E-state index contributed by atoms with van der Waals surface area (Å²) in [5, 5.41) is 10.2.